The molecule has 1 saturated heterocycles. The summed E-state index contributed by atoms with van der Waals surface area (Å²) >= 11 is 0. The molecule has 17 heavy (non-hydrogen) atoms. The summed E-state index contributed by atoms with van der Waals surface area (Å²) < 4.78 is 0. The fourth-order valence-electron chi connectivity index (χ4n) is 2.77. The van der Waals surface area contributed by atoms with Crippen molar-refractivity contribution in [2.45, 2.75) is 52.2 Å². The molecule has 3 nitrogen and oxygen atoms in total. The van der Waals surface area contributed by atoms with Crippen LogP contribution in [-0.2, 0) is 0 Å². The monoisotopic (exact) mass is 240 g/mol. The van der Waals surface area contributed by atoms with E-state index in [1.807, 2.05) is 6.92 Å². The van der Waals surface area contributed by atoms with Crippen molar-refractivity contribution < 1.29 is 5.11 Å². The Hall–Kier alpha value is -0.120. The SMILES string of the molecule is CC(O)C1CCN(CC(C)(C)CNC2CC2)C1. The second kappa shape index (κ2) is 5.25. The van der Waals surface area contributed by atoms with Crippen molar-refractivity contribution >= 4 is 0 Å². The van der Waals surface area contributed by atoms with Gasteiger partial charge in [-0.25, -0.2) is 0 Å². The molecule has 0 aromatic heterocycles. The van der Waals surface area contributed by atoms with E-state index < -0.39 is 0 Å². The highest BCUT2D eigenvalue weighted by Gasteiger charge is 2.31. The van der Waals surface area contributed by atoms with Gasteiger partial charge in [0, 0.05) is 25.7 Å². The van der Waals surface area contributed by atoms with Crippen LogP contribution in [0.5, 0.6) is 0 Å². The molecule has 2 fully saturated rings. The van der Waals surface area contributed by atoms with Gasteiger partial charge in [-0.3, -0.25) is 0 Å². The first kappa shape index (κ1) is 13.3. The molecule has 2 aliphatic rings. The highest BCUT2D eigenvalue weighted by atomic mass is 16.3. The third-order valence-electron chi connectivity index (χ3n) is 4.09. The maximum Gasteiger partial charge on any atom is 0.0552 e. The van der Waals surface area contributed by atoms with Gasteiger partial charge < -0.3 is 15.3 Å². The first-order chi connectivity index (χ1) is 7.96. The number of likely N-dealkylation sites (tertiary alicyclic amines) is 1. The van der Waals surface area contributed by atoms with E-state index in [9.17, 15) is 5.11 Å². The zero-order valence-corrected chi connectivity index (χ0v) is 11.6. The first-order valence-electron chi connectivity index (χ1n) is 7.10. The van der Waals surface area contributed by atoms with E-state index >= 15 is 0 Å². The van der Waals surface area contributed by atoms with E-state index in [0.717, 1.165) is 38.6 Å². The van der Waals surface area contributed by atoms with E-state index in [2.05, 4.69) is 24.1 Å². The second-order valence-electron chi connectivity index (χ2n) is 6.84. The molecule has 2 rings (SSSR count). The molecule has 1 aliphatic heterocycles. The molecule has 3 heteroatoms. The standard InChI is InChI=1S/C14H28N2O/c1-11(17)12-6-7-16(8-12)10-14(2,3)9-15-13-4-5-13/h11-13,15,17H,4-10H2,1-3H3. The molecular formula is C14H28N2O. The topological polar surface area (TPSA) is 35.5 Å². The van der Waals surface area contributed by atoms with E-state index in [4.69, 9.17) is 0 Å². The van der Waals surface area contributed by atoms with Crippen LogP contribution >= 0.6 is 0 Å². The second-order valence-corrected chi connectivity index (χ2v) is 6.84. The highest BCUT2D eigenvalue weighted by Crippen LogP contribution is 2.26. The summed E-state index contributed by atoms with van der Waals surface area (Å²) in [6.45, 7) is 11.1. The molecule has 1 aliphatic carbocycles. The molecule has 0 aromatic carbocycles. The average Bonchev–Trinajstić information content (AvgIpc) is 2.95. The van der Waals surface area contributed by atoms with Crippen LogP contribution in [0.2, 0.25) is 0 Å². The van der Waals surface area contributed by atoms with Gasteiger partial charge in [-0.1, -0.05) is 13.8 Å². The van der Waals surface area contributed by atoms with Crippen LogP contribution < -0.4 is 5.32 Å². The van der Waals surface area contributed by atoms with Crippen LogP contribution in [0.4, 0.5) is 0 Å². The van der Waals surface area contributed by atoms with E-state index in [0.29, 0.717) is 11.3 Å². The van der Waals surface area contributed by atoms with Gasteiger partial charge >= 0.3 is 0 Å². The Labute approximate surface area is 106 Å². The number of nitrogens with zero attached hydrogens (tertiary/aromatic N) is 1. The Morgan fingerprint density at radius 3 is 2.59 bits per heavy atom. The number of hydrogen-bond acceptors (Lipinski definition) is 3. The zero-order valence-electron chi connectivity index (χ0n) is 11.6. The number of hydrogen-bond donors (Lipinski definition) is 2. The fourth-order valence-corrected chi connectivity index (χ4v) is 2.77. The molecule has 100 valence electrons. The van der Waals surface area contributed by atoms with Crippen LogP contribution in [-0.4, -0.2) is 48.3 Å². The molecule has 1 saturated carbocycles. The Balaban J connectivity index is 1.71. The predicted molar refractivity (Wildman–Crippen MR) is 71.0 cm³/mol. The number of aliphatic hydroxyl groups is 1. The van der Waals surface area contributed by atoms with Crippen molar-refractivity contribution in [1.82, 2.24) is 10.2 Å². The van der Waals surface area contributed by atoms with Crippen LogP contribution in [0, 0.1) is 11.3 Å². The number of rotatable bonds is 6. The van der Waals surface area contributed by atoms with Crippen LogP contribution in [0.1, 0.15) is 40.0 Å². The van der Waals surface area contributed by atoms with Crippen molar-refractivity contribution in [3.63, 3.8) is 0 Å². The lowest BCUT2D eigenvalue weighted by Crippen LogP contribution is -2.40. The smallest absolute Gasteiger partial charge is 0.0552 e. The van der Waals surface area contributed by atoms with Gasteiger partial charge in [0.15, 0.2) is 0 Å². The molecule has 0 bridgehead atoms. The quantitative estimate of drug-likeness (QED) is 0.738. The van der Waals surface area contributed by atoms with Crippen LogP contribution in [0.25, 0.3) is 0 Å². The molecule has 1 heterocycles. The average molecular weight is 240 g/mol. The molecule has 2 unspecified atom stereocenters. The Bertz CT molecular complexity index is 249. The molecule has 0 radical (unpaired) electrons. The zero-order chi connectivity index (χ0) is 12.5. The normalized spacial score (nSPS) is 28.6. The van der Waals surface area contributed by atoms with Crippen molar-refractivity contribution in [2.24, 2.45) is 11.3 Å². The molecule has 0 spiro atoms. The summed E-state index contributed by atoms with van der Waals surface area (Å²) in [6.07, 6.45) is 3.74. The predicted octanol–water partition coefficient (Wildman–Crippen LogP) is 1.47. The van der Waals surface area contributed by atoms with Crippen LogP contribution in [0.3, 0.4) is 0 Å². The lowest BCUT2D eigenvalue weighted by molar-refractivity contribution is 0.121. The van der Waals surface area contributed by atoms with Gasteiger partial charge in [0.1, 0.15) is 0 Å². The van der Waals surface area contributed by atoms with Gasteiger partial charge in [0.2, 0.25) is 0 Å². The van der Waals surface area contributed by atoms with Gasteiger partial charge in [-0.2, -0.15) is 0 Å². The maximum atomic E-state index is 9.61. The Morgan fingerprint density at radius 1 is 1.35 bits per heavy atom. The summed E-state index contributed by atoms with van der Waals surface area (Å²) in [5, 5.41) is 13.2. The van der Waals surface area contributed by atoms with Crippen molar-refractivity contribution in [3.05, 3.63) is 0 Å². The lowest BCUT2D eigenvalue weighted by atomic mass is 9.92. The molecule has 0 amide bonds. The summed E-state index contributed by atoms with van der Waals surface area (Å²) in [5.74, 6) is 0.488. The minimum absolute atomic E-state index is 0.146. The number of aliphatic hydroxyl groups excluding tert-OH is 1. The number of nitrogens with one attached hydrogen (secondary N) is 1. The fraction of sp³-hybridized carbons (Fsp3) is 1.00. The van der Waals surface area contributed by atoms with Crippen LogP contribution in [0.15, 0.2) is 0 Å². The Morgan fingerprint density at radius 2 is 2.06 bits per heavy atom. The molecule has 0 aromatic rings. The van der Waals surface area contributed by atoms with E-state index in [1.165, 1.54) is 12.8 Å². The summed E-state index contributed by atoms with van der Waals surface area (Å²) in [4.78, 5) is 2.52. The van der Waals surface area contributed by atoms with Gasteiger partial charge in [-0.05, 0) is 44.1 Å². The summed E-state index contributed by atoms with van der Waals surface area (Å²) in [6, 6.07) is 0.804. The largest absolute Gasteiger partial charge is 0.393 e. The lowest BCUT2D eigenvalue weighted by Gasteiger charge is -2.30. The maximum absolute atomic E-state index is 9.61. The Kier molecular flexibility index (Phi) is 4.11. The third-order valence-corrected chi connectivity index (χ3v) is 4.09. The first-order valence-corrected chi connectivity index (χ1v) is 7.10. The van der Waals surface area contributed by atoms with Gasteiger partial charge in [-0.15, -0.1) is 0 Å². The molecule has 2 N–H and O–H groups in total. The minimum Gasteiger partial charge on any atom is -0.393 e. The van der Waals surface area contributed by atoms with Gasteiger partial charge in [0.05, 0.1) is 6.10 Å². The highest BCUT2D eigenvalue weighted by molar-refractivity contribution is 4.87. The summed E-state index contributed by atoms with van der Waals surface area (Å²) in [7, 11) is 0. The van der Waals surface area contributed by atoms with Gasteiger partial charge in [0.25, 0.3) is 0 Å². The van der Waals surface area contributed by atoms with E-state index in [1.54, 1.807) is 0 Å². The third kappa shape index (κ3) is 4.23. The van der Waals surface area contributed by atoms with E-state index in [-0.39, 0.29) is 6.10 Å². The molecular weight excluding hydrogens is 212 g/mol. The van der Waals surface area contributed by atoms with Crippen molar-refractivity contribution in [1.29, 1.82) is 0 Å². The minimum atomic E-state index is -0.146. The van der Waals surface area contributed by atoms with Crippen molar-refractivity contribution in [2.75, 3.05) is 26.2 Å². The van der Waals surface area contributed by atoms with Crippen molar-refractivity contribution in [3.8, 4) is 0 Å². The summed E-state index contributed by atoms with van der Waals surface area (Å²) in [5.41, 5.74) is 0.343. The molecule has 2 atom stereocenters.